The van der Waals surface area contributed by atoms with Crippen LogP contribution < -0.4 is 13.8 Å². The number of esters is 1. The number of fused-ring (bicyclic) bond motifs is 1. The van der Waals surface area contributed by atoms with Crippen molar-refractivity contribution in [1.29, 1.82) is 0 Å². The molecule has 1 aliphatic heterocycles. The zero-order chi connectivity index (χ0) is 28.5. The third kappa shape index (κ3) is 5.67. The van der Waals surface area contributed by atoms with Gasteiger partial charge >= 0.3 is 5.97 Å². The maximum Gasteiger partial charge on any atom is 0.337 e. The van der Waals surface area contributed by atoms with Gasteiger partial charge in [-0.25, -0.2) is 4.79 Å². The number of carbonyl (C=O) groups excluding carboxylic acids is 1. The van der Waals surface area contributed by atoms with Crippen LogP contribution in [0, 0.1) is 6.92 Å². The Kier molecular flexibility index (Phi) is 7.29. The van der Waals surface area contributed by atoms with Crippen molar-refractivity contribution in [3.05, 3.63) is 101 Å². The average molecular weight is 563 g/mol. The van der Waals surface area contributed by atoms with Gasteiger partial charge in [0.05, 0.1) is 30.6 Å². The first-order valence-electron chi connectivity index (χ1n) is 12.7. The minimum Gasteiger partial charge on any atom is -0.487 e. The summed E-state index contributed by atoms with van der Waals surface area (Å²) in [6.07, 6.45) is 2.25. The fourth-order valence-corrected chi connectivity index (χ4v) is 5.94. The van der Waals surface area contributed by atoms with Crippen LogP contribution in [0.4, 0.5) is 5.69 Å². The molecule has 3 heterocycles. The van der Waals surface area contributed by atoms with E-state index >= 15 is 0 Å². The lowest BCUT2D eigenvalue weighted by Crippen LogP contribution is -2.31. The highest BCUT2D eigenvalue weighted by atomic mass is 32.2. The summed E-state index contributed by atoms with van der Waals surface area (Å²) in [6.45, 7) is 5.71. The van der Waals surface area contributed by atoms with Crippen LogP contribution in [0.2, 0.25) is 0 Å². The van der Waals surface area contributed by atoms with Crippen molar-refractivity contribution in [1.82, 2.24) is 4.98 Å². The number of carbonyl (C=O) groups is 1. The molecule has 0 amide bonds. The number of anilines is 1. The molecule has 0 atom stereocenters. The molecule has 1 aliphatic rings. The summed E-state index contributed by atoms with van der Waals surface area (Å²) in [6, 6.07) is 18.7. The molecule has 0 radical (unpaired) electrons. The highest BCUT2D eigenvalue weighted by Gasteiger charge is 2.36. The van der Waals surface area contributed by atoms with Crippen molar-refractivity contribution < 1.29 is 31.8 Å². The molecule has 10 heteroatoms. The number of aromatic nitrogens is 1. The summed E-state index contributed by atoms with van der Waals surface area (Å²) in [4.78, 5) is 16.2. The van der Waals surface area contributed by atoms with Gasteiger partial charge in [-0.3, -0.25) is 9.29 Å². The molecule has 208 valence electrons. The van der Waals surface area contributed by atoms with Crippen LogP contribution in [-0.4, -0.2) is 32.1 Å². The van der Waals surface area contributed by atoms with E-state index in [1.165, 1.54) is 17.5 Å². The Morgan fingerprint density at radius 3 is 2.50 bits per heavy atom. The molecule has 2 aromatic carbocycles. The van der Waals surface area contributed by atoms with Crippen LogP contribution in [0.5, 0.6) is 11.5 Å². The minimum atomic E-state index is -4.16. The molecule has 0 saturated heterocycles. The third-order valence-electron chi connectivity index (χ3n) is 6.47. The topological polar surface area (TPSA) is 108 Å². The molecule has 4 aromatic rings. The highest BCUT2D eigenvalue weighted by molar-refractivity contribution is 7.92. The smallest absolute Gasteiger partial charge is 0.337 e. The molecule has 0 N–H and O–H groups in total. The number of pyridine rings is 1. The first-order chi connectivity index (χ1) is 19.1. The summed E-state index contributed by atoms with van der Waals surface area (Å²) >= 11 is 0. The van der Waals surface area contributed by atoms with Crippen molar-refractivity contribution in [2.24, 2.45) is 0 Å². The number of aryl methyl sites for hydroxylation is 1. The van der Waals surface area contributed by atoms with Crippen LogP contribution in [0.3, 0.4) is 0 Å². The summed E-state index contributed by atoms with van der Waals surface area (Å²) in [5, 5.41) is -0.188. The van der Waals surface area contributed by atoms with E-state index in [9.17, 15) is 13.2 Å². The molecule has 0 fully saturated rings. The fraction of sp³-hybridized carbons (Fsp3) is 0.267. The number of furan rings is 1. The van der Waals surface area contributed by atoms with Crippen molar-refractivity contribution in [3.8, 4) is 11.5 Å². The summed E-state index contributed by atoms with van der Waals surface area (Å²) in [5.74, 6) is 0.994. The minimum absolute atomic E-state index is 0.0602. The van der Waals surface area contributed by atoms with E-state index in [4.69, 9.17) is 18.6 Å². The number of hydrogen-bond donors (Lipinski definition) is 0. The normalized spacial score (nSPS) is 13.8. The summed E-state index contributed by atoms with van der Waals surface area (Å²) in [7, 11) is -2.83. The number of ether oxygens (including phenoxy) is 3. The van der Waals surface area contributed by atoms with Crippen molar-refractivity contribution >= 4 is 21.7 Å². The van der Waals surface area contributed by atoms with Gasteiger partial charge in [0.2, 0.25) is 5.09 Å². The number of sulfonamides is 1. The number of nitrogens with zero attached hydrogens (tertiary/aromatic N) is 2. The number of methoxy groups -OCH3 is 1. The Morgan fingerprint density at radius 1 is 1.07 bits per heavy atom. The molecule has 0 aliphatic carbocycles. The maximum atomic E-state index is 14.0. The van der Waals surface area contributed by atoms with Gasteiger partial charge < -0.3 is 18.6 Å². The van der Waals surface area contributed by atoms with Gasteiger partial charge in [0, 0.05) is 24.2 Å². The predicted molar refractivity (Wildman–Crippen MR) is 148 cm³/mol. The van der Waals surface area contributed by atoms with Crippen LogP contribution in [0.1, 0.15) is 46.8 Å². The van der Waals surface area contributed by atoms with E-state index in [0.29, 0.717) is 40.6 Å². The van der Waals surface area contributed by atoms with Gasteiger partial charge in [-0.2, -0.15) is 8.42 Å². The average Bonchev–Trinajstić information content (AvgIpc) is 3.51. The molecule has 5 rings (SSSR count). The first kappa shape index (κ1) is 27.3. The zero-order valence-electron chi connectivity index (χ0n) is 22.7. The number of rotatable bonds is 9. The van der Waals surface area contributed by atoms with Crippen LogP contribution in [0.25, 0.3) is 0 Å². The quantitative estimate of drug-likeness (QED) is 0.248. The van der Waals surface area contributed by atoms with Gasteiger partial charge in [-0.1, -0.05) is 18.2 Å². The number of hydrogen-bond acceptors (Lipinski definition) is 8. The molecule has 0 unspecified atom stereocenters. The van der Waals surface area contributed by atoms with Gasteiger partial charge in [0.15, 0.2) is 0 Å². The Morgan fingerprint density at radius 2 is 1.85 bits per heavy atom. The second-order valence-corrected chi connectivity index (χ2v) is 11.9. The lowest BCUT2D eigenvalue weighted by Gasteiger charge is -2.26. The summed E-state index contributed by atoms with van der Waals surface area (Å²) in [5.41, 5.74) is 2.50. The predicted octanol–water partition coefficient (Wildman–Crippen LogP) is 5.46. The lowest BCUT2D eigenvalue weighted by molar-refractivity contribution is 0.0600. The van der Waals surface area contributed by atoms with E-state index in [-0.39, 0.29) is 18.2 Å². The Labute approximate surface area is 233 Å². The van der Waals surface area contributed by atoms with Crippen LogP contribution in [0.15, 0.2) is 82.4 Å². The van der Waals surface area contributed by atoms with E-state index in [0.717, 1.165) is 11.1 Å². The van der Waals surface area contributed by atoms with E-state index in [1.54, 1.807) is 67.7 Å². The van der Waals surface area contributed by atoms with E-state index < -0.39 is 21.6 Å². The molecule has 40 heavy (non-hydrogen) atoms. The van der Waals surface area contributed by atoms with Gasteiger partial charge in [-0.15, -0.1) is 0 Å². The third-order valence-corrected chi connectivity index (χ3v) is 8.11. The largest absolute Gasteiger partial charge is 0.487 e. The SMILES string of the molecule is COC(=O)c1ccc(COc2cc3c(cc2N(Cc2ccccn2)S(=O)(=O)c2ccc(C)o2)OC(C)(C)C3)cc1. The van der Waals surface area contributed by atoms with Gasteiger partial charge in [0.25, 0.3) is 10.0 Å². The first-order valence-corrected chi connectivity index (χ1v) is 14.1. The molecular weight excluding hydrogens is 532 g/mol. The van der Waals surface area contributed by atoms with Crippen molar-refractivity contribution in [2.45, 2.75) is 51.0 Å². The molecule has 9 nitrogen and oxygen atoms in total. The Balaban J connectivity index is 1.57. The summed E-state index contributed by atoms with van der Waals surface area (Å²) < 4.78 is 52.0. The van der Waals surface area contributed by atoms with Gasteiger partial charge in [-0.05, 0) is 68.8 Å². The highest BCUT2D eigenvalue weighted by Crippen LogP contribution is 2.44. The Bertz CT molecular complexity index is 1630. The van der Waals surface area contributed by atoms with Gasteiger partial charge in [0.1, 0.15) is 29.5 Å². The van der Waals surface area contributed by atoms with E-state index in [2.05, 4.69) is 4.98 Å². The second-order valence-electron chi connectivity index (χ2n) is 10.1. The molecule has 0 saturated carbocycles. The zero-order valence-corrected chi connectivity index (χ0v) is 23.5. The molecule has 0 bridgehead atoms. The fourth-order valence-electron chi connectivity index (χ4n) is 4.54. The van der Waals surface area contributed by atoms with Crippen molar-refractivity contribution in [2.75, 3.05) is 11.4 Å². The van der Waals surface area contributed by atoms with Crippen LogP contribution in [-0.2, 0) is 34.3 Å². The van der Waals surface area contributed by atoms with Crippen LogP contribution >= 0.6 is 0 Å². The Hall–Kier alpha value is -4.31. The molecular formula is C30H30N2O7S. The lowest BCUT2D eigenvalue weighted by atomic mass is 10.0. The van der Waals surface area contributed by atoms with E-state index in [1.807, 2.05) is 19.9 Å². The molecule has 2 aromatic heterocycles. The number of benzene rings is 2. The molecule has 0 spiro atoms. The van der Waals surface area contributed by atoms with Crippen molar-refractivity contribution in [3.63, 3.8) is 0 Å². The second kappa shape index (κ2) is 10.7. The standard InChI is InChI=1S/C30H30N2O7S/c1-20-8-13-28(38-20)40(34,35)32(18-24-7-5-6-14-31-24)25-16-26-23(17-30(2,3)39-26)15-27(25)37-19-21-9-11-22(12-10-21)29(33)36-4/h5-16H,17-19H2,1-4H3. The monoisotopic (exact) mass is 562 g/mol. The maximum absolute atomic E-state index is 14.0.